The molecule has 2 N–H and O–H groups in total. The van der Waals surface area contributed by atoms with Crippen LogP contribution in [0.2, 0.25) is 0 Å². The number of hydrogen-bond acceptors (Lipinski definition) is 3. The van der Waals surface area contributed by atoms with E-state index in [1.54, 1.807) is 19.1 Å². The third-order valence-corrected chi connectivity index (χ3v) is 1.67. The molecule has 13 heavy (non-hydrogen) atoms. The van der Waals surface area contributed by atoms with Gasteiger partial charge in [0.1, 0.15) is 5.75 Å². The maximum atomic E-state index is 11.2. The molecular formula is C9H11NO3. The monoisotopic (exact) mass is 181 g/mol. The van der Waals surface area contributed by atoms with Gasteiger partial charge in [0.25, 0.3) is 5.91 Å². The molecule has 0 atom stereocenters. The second-order valence-electron chi connectivity index (χ2n) is 2.64. The number of amides is 1. The van der Waals surface area contributed by atoms with Crippen LogP contribution in [0.1, 0.15) is 15.9 Å². The number of aromatic hydroxyl groups is 1. The van der Waals surface area contributed by atoms with Crippen LogP contribution in [0.3, 0.4) is 0 Å². The molecule has 0 unspecified atom stereocenters. The number of rotatable bonds is 2. The van der Waals surface area contributed by atoms with Crippen molar-refractivity contribution >= 4 is 5.91 Å². The van der Waals surface area contributed by atoms with E-state index in [2.05, 4.69) is 10.3 Å². The van der Waals surface area contributed by atoms with Gasteiger partial charge in [-0.15, -0.1) is 0 Å². The molecule has 1 aromatic rings. The Balaban J connectivity index is 2.90. The lowest BCUT2D eigenvalue weighted by Crippen LogP contribution is -2.21. The van der Waals surface area contributed by atoms with Crippen molar-refractivity contribution in [1.82, 2.24) is 5.48 Å². The highest BCUT2D eigenvalue weighted by Crippen LogP contribution is 2.17. The number of phenols is 1. The Bertz CT molecular complexity index is 323. The van der Waals surface area contributed by atoms with Crippen LogP contribution in [0.25, 0.3) is 0 Å². The molecule has 0 heterocycles. The number of nitrogens with one attached hydrogen (secondary N) is 1. The topological polar surface area (TPSA) is 58.6 Å². The first-order valence-corrected chi connectivity index (χ1v) is 3.78. The minimum absolute atomic E-state index is 0.101. The second-order valence-corrected chi connectivity index (χ2v) is 2.64. The van der Waals surface area contributed by atoms with Crippen molar-refractivity contribution < 1.29 is 14.7 Å². The predicted molar refractivity (Wildman–Crippen MR) is 47.3 cm³/mol. The minimum atomic E-state index is -0.377. The quantitative estimate of drug-likeness (QED) is 0.669. The Labute approximate surface area is 76.1 Å². The van der Waals surface area contributed by atoms with Gasteiger partial charge >= 0.3 is 0 Å². The summed E-state index contributed by atoms with van der Waals surface area (Å²) in [5.74, 6) is -0.276. The summed E-state index contributed by atoms with van der Waals surface area (Å²) in [5.41, 5.74) is 3.25. The lowest BCUT2D eigenvalue weighted by atomic mass is 10.1. The van der Waals surface area contributed by atoms with Gasteiger partial charge in [-0.1, -0.05) is 6.07 Å². The van der Waals surface area contributed by atoms with Gasteiger partial charge in [-0.05, 0) is 24.6 Å². The molecule has 0 bridgehead atoms. The second kappa shape index (κ2) is 3.91. The highest BCUT2D eigenvalue weighted by molar-refractivity contribution is 5.93. The molecule has 0 saturated heterocycles. The first kappa shape index (κ1) is 9.54. The van der Waals surface area contributed by atoms with Crippen molar-refractivity contribution in [3.63, 3.8) is 0 Å². The molecule has 0 radical (unpaired) electrons. The van der Waals surface area contributed by atoms with Crippen LogP contribution in [-0.4, -0.2) is 18.1 Å². The van der Waals surface area contributed by atoms with Gasteiger partial charge in [0.2, 0.25) is 0 Å². The molecule has 0 aromatic heterocycles. The van der Waals surface area contributed by atoms with Gasteiger partial charge in [-0.3, -0.25) is 9.63 Å². The Hall–Kier alpha value is -1.55. The molecule has 0 aliphatic rings. The fraction of sp³-hybridized carbons (Fsp3) is 0.222. The summed E-state index contributed by atoms with van der Waals surface area (Å²) in [4.78, 5) is 15.6. The molecule has 0 spiro atoms. The maximum Gasteiger partial charge on any atom is 0.274 e. The summed E-state index contributed by atoms with van der Waals surface area (Å²) in [6.45, 7) is 1.76. The van der Waals surface area contributed by atoms with Crippen molar-refractivity contribution in [2.45, 2.75) is 6.92 Å². The van der Waals surface area contributed by atoms with Crippen LogP contribution in [0, 0.1) is 6.92 Å². The number of carbonyl (C=O) groups is 1. The number of hydrogen-bond donors (Lipinski definition) is 2. The van der Waals surface area contributed by atoms with Gasteiger partial charge in [0, 0.05) is 5.56 Å². The zero-order chi connectivity index (χ0) is 9.84. The summed E-state index contributed by atoms with van der Waals surface area (Å²) in [5, 5.41) is 9.30. The number of hydroxylamine groups is 1. The van der Waals surface area contributed by atoms with Gasteiger partial charge in [-0.25, -0.2) is 5.48 Å². The summed E-state index contributed by atoms with van der Waals surface area (Å²) >= 11 is 0. The smallest absolute Gasteiger partial charge is 0.274 e. The number of carbonyl (C=O) groups excluding carboxylic acids is 1. The molecule has 4 heteroatoms. The standard InChI is InChI=1S/C9H11NO3/c1-6-3-4-7(5-8(6)11)9(12)10-13-2/h3-5,11H,1-2H3,(H,10,12). The van der Waals surface area contributed by atoms with E-state index < -0.39 is 0 Å². The maximum absolute atomic E-state index is 11.2. The Morgan fingerprint density at radius 2 is 2.23 bits per heavy atom. The molecule has 0 aliphatic carbocycles. The van der Waals surface area contributed by atoms with E-state index in [-0.39, 0.29) is 11.7 Å². The van der Waals surface area contributed by atoms with E-state index >= 15 is 0 Å². The zero-order valence-electron chi connectivity index (χ0n) is 7.50. The molecule has 0 aliphatic heterocycles. The van der Waals surface area contributed by atoms with Crippen molar-refractivity contribution in [1.29, 1.82) is 0 Å². The number of phenolic OH excluding ortho intramolecular Hbond substituents is 1. The third-order valence-electron chi connectivity index (χ3n) is 1.67. The van der Waals surface area contributed by atoms with Gasteiger partial charge in [0.15, 0.2) is 0 Å². The Morgan fingerprint density at radius 3 is 2.77 bits per heavy atom. The predicted octanol–water partition coefficient (Wildman–Crippen LogP) is 0.992. The van der Waals surface area contributed by atoms with E-state index in [4.69, 9.17) is 0 Å². The highest BCUT2D eigenvalue weighted by atomic mass is 16.6. The minimum Gasteiger partial charge on any atom is -0.508 e. The van der Waals surface area contributed by atoms with E-state index in [9.17, 15) is 9.90 Å². The van der Waals surface area contributed by atoms with Crippen LogP contribution in [-0.2, 0) is 4.84 Å². The van der Waals surface area contributed by atoms with Gasteiger partial charge in [0.05, 0.1) is 7.11 Å². The fourth-order valence-electron chi connectivity index (χ4n) is 0.902. The SMILES string of the molecule is CONC(=O)c1ccc(C)c(O)c1. The van der Waals surface area contributed by atoms with E-state index in [1.807, 2.05) is 0 Å². The first-order chi connectivity index (χ1) is 6.15. The molecule has 1 rings (SSSR count). The third kappa shape index (κ3) is 2.19. The lowest BCUT2D eigenvalue weighted by molar-refractivity contribution is 0.0537. The lowest BCUT2D eigenvalue weighted by Gasteiger charge is -2.03. The first-order valence-electron chi connectivity index (χ1n) is 3.78. The molecule has 0 saturated carbocycles. The van der Waals surface area contributed by atoms with Crippen LogP contribution in [0.4, 0.5) is 0 Å². The van der Waals surface area contributed by atoms with Crippen molar-refractivity contribution in [3.8, 4) is 5.75 Å². The van der Waals surface area contributed by atoms with Crippen LogP contribution in [0.15, 0.2) is 18.2 Å². The average Bonchev–Trinajstić information content (AvgIpc) is 2.10. The highest BCUT2D eigenvalue weighted by Gasteiger charge is 2.06. The molecular weight excluding hydrogens is 170 g/mol. The number of benzene rings is 1. The van der Waals surface area contributed by atoms with E-state index in [1.165, 1.54) is 13.2 Å². The largest absolute Gasteiger partial charge is 0.508 e. The molecule has 70 valence electrons. The van der Waals surface area contributed by atoms with Crippen molar-refractivity contribution in [2.75, 3.05) is 7.11 Å². The Morgan fingerprint density at radius 1 is 1.54 bits per heavy atom. The normalized spacial score (nSPS) is 9.69. The van der Waals surface area contributed by atoms with E-state index in [0.717, 1.165) is 5.56 Å². The Kier molecular flexibility index (Phi) is 2.87. The molecule has 1 amide bonds. The average molecular weight is 181 g/mol. The van der Waals surface area contributed by atoms with E-state index in [0.29, 0.717) is 5.56 Å². The summed E-state index contributed by atoms with van der Waals surface area (Å²) < 4.78 is 0. The van der Waals surface area contributed by atoms with Crippen LogP contribution >= 0.6 is 0 Å². The van der Waals surface area contributed by atoms with Crippen LogP contribution < -0.4 is 5.48 Å². The van der Waals surface area contributed by atoms with Gasteiger partial charge in [-0.2, -0.15) is 0 Å². The summed E-state index contributed by atoms with van der Waals surface area (Å²) in [6, 6.07) is 4.67. The molecule has 4 nitrogen and oxygen atoms in total. The van der Waals surface area contributed by atoms with Crippen molar-refractivity contribution in [2.24, 2.45) is 0 Å². The molecule has 0 fully saturated rings. The summed E-state index contributed by atoms with van der Waals surface area (Å²) in [6.07, 6.45) is 0. The van der Waals surface area contributed by atoms with Crippen molar-refractivity contribution in [3.05, 3.63) is 29.3 Å². The summed E-state index contributed by atoms with van der Waals surface area (Å²) in [7, 11) is 1.35. The fourth-order valence-corrected chi connectivity index (χ4v) is 0.902. The zero-order valence-corrected chi connectivity index (χ0v) is 7.50. The van der Waals surface area contributed by atoms with Crippen LogP contribution in [0.5, 0.6) is 5.75 Å². The number of aryl methyl sites for hydroxylation is 1. The molecule has 1 aromatic carbocycles. The van der Waals surface area contributed by atoms with Gasteiger partial charge < -0.3 is 5.11 Å².